The SMILES string of the molecule is C=C(OC(C)=O)P(=O)(O)O.O=[P+](O)O. The van der Waals surface area contributed by atoms with Crippen LogP contribution in [0.4, 0.5) is 0 Å². The minimum atomic E-state index is -4.45. The van der Waals surface area contributed by atoms with E-state index >= 15 is 0 Å². The first-order chi connectivity index (χ1) is 6.07. The topological polar surface area (TPSA) is 141 Å². The molecule has 0 spiro atoms. The Bertz CT molecular complexity index is 273. The Balaban J connectivity index is 0. The zero-order valence-corrected chi connectivity index (χ0v) is 8.81. The standard InChI is InChI=1S/C4H7O5P.HO3P/c1-3(5)9-4(2)10(6,7)8;1-4(2)3/h2H2,1H3,(H2,6,7,8);(H-,1,2,3)/p+1. The molecule has 0 amide bonds. The van der Waals surface area contributed by atoms with Crippen LogP contribution in [0.25, 0.3) is 0 Å². The van der Waals surface area contributed by atoms with Gasteiger partial charge in [-0.25, -0.2) is 0 Å². The van der Waals surface area contributed by atoms with Gasteiger partial charge in [-0.2, -0.15) is 0 Å². The first kappa shape index (κ1) is 15.8. The summed E-state index contributed by atoms with van der Waals surface area (Å²) in [5.41, 5.74) is -0.819. The molecule has 0 radical (unpaired) electrons. The minimum Gasteiger partial charge on any atom is -0.419 e. The molecule has 0 aromatic rings. The number of rotatable bonds is 2. The molecule has 82 valence electrons. The number of carbonyl (C=O) groups is 1. The van der Waals surface area contributed by atoms with Crippen molar-refractivity contribution in [3.05, 3.63) is 12.1 Å². The van der Waals surface area contributed by atoms with Crippen LogP contribution in [0.5, 0.6) is 0 Å². The lowest BCUT2D eigenvalue weighted by molar-refractivity contribution is -0.136. The van der Waals surface area contributed by atoms with Gasteiger partial charge in [-0.15, -0.1) is 9.79 Å². The maximum Gasteiger partial charge on any atom is 0.692 e. The molecule has 0 bridgehead atoms. The van der Waals surface area contributed by atoms with Gasteiger partial charge in [0.25, 0.3) is 0 Å². The number of hydrogen-bond donors (Lipinski definition) is 4. The van der Waals surface area contributed by atoms with Crippen LogP contribution in [0.1, 0.15) is 6.92 Å². The molecule has 0 rings (SSSR count). The van der Waals surface area contributed by atoms with Crippen LogP contribution in [0.2, 0.25) is 0 Å². The van der Waals surface area contributed by atoms with E-state index in [9.17, 15) is 9.36 Å². The van der Waals surface area contributed by atoms with Crippen molar-refractivity contribution in [3.8, 4) is 0 Å². The maximum absolute atomic E-state index is 10.2. The Kier molecular flexibility index (Phi) is 7.67. The smallest absolute Gasteiger partial charge is 0.419 e. The fourth-order valence-corrected chi connectivity index (χ4v) is 0.473. The van der Waals surface area contributed by atoms with Crippen molar-refractivity contribution < 1.29 is 38.2 Å². The molecule has 0 aliphatic carbocycles. The summed E-state index contributed by atoms with van der Waals surface area (Å²) in [7, 11) is -7.32. The summed E-state index contributed by atoms with van der Waals surface area (Å²) < 4.78 is 22.9. The van der Waals surface area contributed by atoms with Gasteiger partial charge in [0.15, 0.2) is 0 Å². The summed E-state index contributed by atoms with van der Waals surface area (Å²) in [6.07, 6.45) is 0. The van der Waals surface area contributed by atoms with E-state index in [0.717, 1.165) is 6.92 Å². The lowest BCUT2D eigenvalue weighted by atomic mass is 10.8. The molecule has 0 atom stereocenters. The van der Waals surface area contributed by atoms with E-state index in [1.165, 1.54) is 0 Å². The summed E-state index contributed by atoms with van der Waals surface area (Å²) >= 11 is 0. The predicted octanol–water partition coefficient (Wildman–Crippen LogP) is -0.173. The van der Waals surface area contributed by atoms with Crippen molar-refractivity contribution in [2.45, 2.75) is 6.92 Å². The molecule has 0 aromatic heterocycles. The summed E-state index contributed by atoms with van der Waals surface area (Å²) in [4.78, 5) is 40.9. The van der Waals surface area contributed by atoms with E-state index < -0.39 is 27.3 Å². The second kappa shape index (κ2) is 6.78. The normalized spacial score (nSPS) is 9.50. The molecule has 0 saturated carbocycles. The van der Waals surface area contributed by atoms with Gasteiger partial charge in [0, 0.05) is 11.5 Å². The molecule has 0 aliphatic heterocycles. The van der Waals surface area contributed by atoms with E-state index in [1.54, 1.807) is 0 Å². The average Bonchev–Trinajstić information content (AvgIpc) is 1.81. The monoisotopic (exact) mass is 247 g/mol. The third-order valence-corrected chi connectivity index (χ3v) is 1.33. The Hall–Kier alpha value is -0.620. The van der Waals surface area contributed by atoms with E-state index in [0.29, 0.717) is 0 Å². The second-order valence-corrected chi connectivity index (χ2v) is 3.88. The fraction of sp³-hybridized carbons (Fsp3) is 0.250. The molecular weight excluding hydrogens is 238 g/mol. The summed E-state index contributed by atoms with van der Waals surface area (Å²) in [6.45, 7) is 3.89. The molecule has 0 heterocycles. The first-order valence-corrected chi connectivity index (χ1v) is 5.63. The Morgan fingerprint density at radius 1 is 1.43 bits per heavy atom. The number of esters is 1. The molecule has 10 heteroatoms. The number of hydrogen-bond acceptors (Lipinski definition) is 4. The molecule has 0 fully saturated rings. The molecule has 4 N–H and O–H groups in total. The number of ether oxygens (including phenoxy) is 1. The van der Waals surface area contributed by atoms with Crippen molar-refractivity contribution in [3.63, 3.8) is 0 Å². The highest BCUT2D eigenvalue weighted by atomic mass is 31.2. The highest BCUT2D eigenvalue weighted by Crippen LogP contribution is 2.44. The second-order valence-electron chi connectivity index (χ2n) is 1.78. The summed E-state index contributed by atoms with van der Waals surface area (Å²) in [6, 6.07) is 0. The lowest BCUT2D eigenvalue weighted by Gasteiger charge is -2.04. The third kappa shape index (κ3) is 13.9. The summed E-state index contributed by atoms with van der Waals surface area (Å²) in [5.74, 6) is -0.798. The molecule has 0 unspecified atom stereocenters. The van der Waals surface area contributed by atoms with Crippen molar-refractivity contribution >= 4 is 21.8 Å². The average molecular weight is 247 g/mol. The van der Waals surface area contributed by atoms with E-state index in [-0.39, 0.29) is 0 Å². The predicted molar refractivity (Wildman–Crippen MR) is 45.0 cm³/mol. The first-order valence-electron chi connectivity index (χ1n) is 2.85. The maximum atomic E-state index is 10.2. The minimum absolute atomic E-state index is 0.798. The van der Waals surface area contributed by atoms with Gasteiger partial charge < -0.3 is 14.5 Å². The van der Waals surface area contributed by atoms with Crippen LogP contribution in [0.15, 0.2) is 12.1 Å². The van der Waals surface area contributed by atoms with Crippen LogP contribution in [-0.4, -0.2) is 25.5 Å². The van der Waals surface area contributed by atoms with Crippen molar-refractivity contribution in [1.82, 2.24) is 0 Å². The summed E-state index contributed by atoms with van der Waals surface area (Å²) in [5, 5.41) is 0. The van der Waals surface area contributed by atoms with Crippen LogP contribution < -0.4 is 0 Å². The molecule has 0 aromatic carbocycles. The largest absolute Gasteiger partial charge is 0.692 e. The highest BCUT2D eigenvalue weighted by Gasteiger charge is 2.21. The fourth-order valence-electron chi connectivity index (χ4n) is 0.225. The lowest BCUT2D eigenvalue weighted by Crippen LogP contribution is -1.97. The van der Waals surface area contributed by atoms with E-state index in [4.69, 9.17) is 24.1 Å². The molecule has 0 aliphatic rings. The van der Waals surface area contributed by atoms with Gasteiger partial charge in [0.2, 0.25) is 5.50 Å². The zero-order valence-electron chi connectivity index (χ0n) is 7.02. The molecule has 0 saturated heterocycles. The van der Waals surface area contributed by atoms with Gasteiger partial charge >= 0.3 is 21.8 Å². The van der Waals surface area contributed by atoms with Gasteiger partial charge in [-0.05, 0) is 6.58 Å². The van der Waals surface area contributed by atoms with Crippen molar-refractivity contribution in [2.75, 3.05) is 0 Å². The molecular formula is C4H9O8P2+. The van der Waals surface area contributed by atoms with Crippen molar-refractivity contribution in [2.24, 2.45) is 0 Å². The van der Waals surface area contributed by atoms with E-state index in [2.05, 4.69) is 11.3 Å². The van der Waals surface area contributed by atoms with Crippen molar-refractivity contribution in [1.29, 1.82) is 0 Å². The van der Waals surface area contributed by atoms with E-state index in [1.807, 2.05) is 0 Å². The molecule has 14 heavy (non-hydrogen) atoms. The van der Waals surface area contributed by atoms with Crippen LogP contribution >= 0.6 is 15.9 Å². The van der Waals surface area contributed by atoms with Crippen LogP contribution in [0, 0.1) is 0 Å². The highest BCUT2D eigenvalue weighted by molar-refractivity contribution is 7.56. The number of carbonyl (C=O) groups excluding carboxylic acids is 1. The van der Waals surface area contributed by atoms with Gasteiger partial charge in [0.1, 0.15) is 0 Å². The van der Waals surface area contributed by atoms with Gasteiger partial charge in [0.05, 0.1) is 0 Å². The van der Waals surface area contributed by atoms with Gasteiger partial charge in [-0.3, -0.25) is 9.36 Å². The Morgan fingerprint density at radius 2 is 1.71 bits per heavy atom. The quantitative estimate of drug-likeness (QED) is 0.299. The zero-order chi connectivity index (χ0) is 11.9. The third-order valence-electron chi connectivity index (χ3n) is 0.586. The van der Waals surface area contributed by atoms with Crippen LogP contribution in [-0.2, 0) is 18.7 Å². The Labute approximate surface area is 79.9 Å². The van der Waals surface area contributed by atoms with Crippen LogP contribution in [0.3, 0.4) is 0 Å². The Morgan fingerprint density at radius 3 is 1.79 bits per heavy atom. The molecule has 8 nitrogen and oxygen atoms in total. The van der Waals surface area contributed by atoms with Gasteiger partial charge in [-0.1, -0.05) is 0 Å².